The van der Waals surface area contributed by atoms with E-state index >= 15 is 0 Å². The first-order valence-corrected chi connectivity index (χ1v) is 14.5. The predicted molar refractivity (Wildman–Crippen MR) is 170 cm³/mol. The first-order valence-electron chi connectivity index (χ1n) is 14.5. The van der Waals surface area contributed by atoms with E-state index in [-0.39, 0.29) is 16.9 Å². The first-order chi connectivity index (χ1) is 21.0. The van der Waals surface area contributed by atoms with Crippen LogP contribution in [-0.4, -0.2) is 43.6 Å². The number of hydrogen-bond donors (Lipinski definition) is 2. The first kappa shape index (κ1) is 26.7. The Morgan fingerprint density at radius 2 is 1.65 bits per heavy atom. The number of aromatic nitrogens is 4. The summed E-state index contributed by atoms with van der Waals surface area (Å²) in [5.41, 5.74) is 12.9. The number of nitrogens with one attached hydrogen (secondary N) is 1. The molecule has 6 aromatic rings. The van der Waals surface area contributed by atoms with E-state index in [0.717, 1.165) is 66.1 Å². The molecule has 1 saturated heterocycles. The van der Waals surface area contributed by atoms with E-state index in [1.54, 1.807) is 13.1 Å². The Morgan fingerprint density at radius 1 is 0.884 bits per heavy atom. The van der Waals surface area contributed by atoms with E-state index in [1.165, 1.54) is 5.56 Å². The van der Waals surface area contributed by atoms with E-state index in [4.69, 9.17) is 15.7 Å². The predicted octanol–water partition coefficient (Wildman–Crippen LogP) is 4.71. The SMILES string of the molecule is Cc1c(NC2CCN(Cc3ccc(-n4c(-c5cccnc5N)nc5ccc(-c6ccccc6)nc54)cc3)CC2)c(=O)c1=O. The summed E-state index contributed by atoms with van der Waals surface area (Å²) in [6, 6.07) is 26.6. The number of benzene rings is 2. The second-order valence-electron chi connectivity index (χ2n) is 11.1. The lowest BCUT2D eigenvalue weighted by Gasteiger charge is -2.33. The normalized spacial score (nSPS) is 14.4. The van der Waals surface area contributed by atoms with E-state index in [9.17, 15) is 9.59 Å². The molecule has 1 aliphatic rings. The highest BCUT2D eigenvalue weighted by atomic mass is 16.2. The highest BCUT2D eigenvalue weighted by molar-refractivity contribution is 5.84. The zero-order valence-corrected chi connectivity index (χ0v) is 23.8. The van der Waals surface area contributed by atoms with Crippen molar-refractivity contribution in [3.8, 4) is 28.3 Å². The van der Waals surface area contributed by atoms with Crippen LogP contribution in [0.5, 0.6) is 0 Å². The van der Waals surface area contributed by atoms with Crippen molar-refractivity contribution in [3.05, 3.63) is 117 Å². The van der Waals surface area contributed by atoms with Gasteiger partial charge in [-0.3, -0.25) is 19.1 Å². The van der Waals surface area contributed by atoms with Crippen LogP contribution in [0, 0.1) is 6.92 Å². The van der Waals surface area contributed by atoms with Crippen LogP contribution in [0.2, 0.25) is 0 Å². The van der Waals surface area contributed by atoms with Crippen molar-refractivity contribution in [2.24, 2.45) is 0 Å². The number of nitrogen functional groups attached to an aromatic ring is 1. The van der Waals surface area contributed by atoms with Gasteiger partial charge in [0.25, 0.3) is 0 Å². The fourth-order valence-corrected chi connectivity index (χ4v) is 5.89. The van der Waals surface area contributed by atoms with Crippen molar-refractivity contribution in [2.45, 2.75) is 32.4 Å². The van der Waals surface area contributed by atoms with Crippen LogP contribution in [-0.2, 0) is 6.54 Å². The summed E-state index contributed by atoms with van der Waals surface area (Å²) in [6.45, 7) is 4.37. The van der Waals surface area contributed by atoms with Crippen molar-refractivity contribution >= 4 is 22.7 Å². The molecular weight excluding hydrogens is 538 g/mol. The molecule has 0 spiro atoms. The van der Waals surface area contributed by atoms with Gasteiger partial charge < -0.3 is 11.1 Å². The number of likely N-dealkylation sites (tertiary alicyclic amines) is 1. The van der Waals surface area contributed by atoms with E-state index in [1.807, 2.05) is 42.5 Å². The van der Waals surface area contributed by atoms with Crippen molar-refractivity contribution in [1.82, 2.24) is 24.4 Å². The van der Waals surface area contributed by atoms with Crippen LogP contribution in [0.1, 0.15) is 24.0 Å². The van der Waals surface area contributed by atoms with Gasteiger partial charge in [0.1, 0.15) is 11.3 Å². The molecule has 214 valence electrons. The topological polar surface area (TPSA) is 119 Å². The molecule has 0 radical (unpaired) electrons. The molecule has 3 N–H and O–H groups in total. The molecule has 43 heavy (non-hydrogen) atoms. The Balaban J connectivity index is 1.15. The minimum atomic E-state index is -0.383. The average Bonchev–Trinajstić information content (AvgIpc) is 3.43. The van der Waals surface area contributed by atoms with Crippen LogP contribution < -0.4 is 21.9 Å². The minimum Gasteiger partial charge on any atom is -0.383 e. The molecule has 1 aliphatic heterocycles. The Kier molecular flexibility index (Phi) is 6.79. The van der Waals surface area contributed by atoms with Gasteiger partial charge in [-0.25, -0.2) is 15.0 Å². The largest absolute Gasteiger partial charge is 0.383 e. The van der Waals surface area contributed by atoms with Gasteiger partial charge in [-0.2, -0.15) is 0 Å². The van der Waals surface area contributed by atoms with Crippen LogP contribution >= 0.6 is 0 Å². The average molecular weight is 570 g/mol. The number of pyridine rings is 2. The molecule has 9 heteroatoms. The monoisotopic (exact) mass is 569 g/mol. The molecule has 0 bridgehead atoms. The zero-order valence-electron chi connectivity index (χ0n) is 23.8. The standard InChI is InChI=1S/C34H31N7O2/c1-21-29(31(43)30(21)42)37-24-15-18-40(19-16-24)20-22-9-11-25(12-10-22)41-33(26-8-5-17-36-32(26)35)39-28-14-13-27(38-34(28)41)23-6-3-2-4-7-23/h2-14,17,24,37H,15-16,18-20H2,1H3,(H2,35,36). The lowest BCUT2D eigenvalue weighted by molar-refractivity contribution is 0.211. The molecule has 3 aromatic heterocycles. The molecule has 4 heterocycles. The van der Waals surface area contributed by atoms with Crippen molar-refractivity contribution in [1.29, 1.82) is 0 Å². The highest BCUT2D eigenvalue weighted by Gasteiger charge is 2.24. The Hall–Kier alpha value is -5.15. The fourth-order valence-electron chi connectivity index (χ4n) is 5.89. The number of fused-ring (bicyclic) bond motifs is 1. The molecule has 0 aliphatic carbocycles. The molecule has 0 amide bonds. The van der Waals surface area contributed by atoms with Gasteiger partial charge in [0.2, 0.25) is 10.9 Å². The Bertz CT molecular complexity index is 2000. The number of hydrogen-bond acceptors (Lipinski definition) is 8. The van der Waals surface area contributed by atoms with Crippen LogP contribution in [0.15, 0.2) is 94.6 Å². The van der Waals surface area contributed by atoms with Gasteiger partial charge in [0, 0.05) is 48.7 Å². The van der Waals surface area contributed by atoms with Crippen molar-refractivity contribution in [2.75, 3.05) is 24.1 Å². The third-order valence-corrected chi connectivity index (χ3v) is 8.34. The second kappa shape index (κ2) is 10.9. The number of imidazole rings is 1. The summed E-state index contributed by atoms with van der Waals surface area (Å²) in [6.07, 6.45) is 3.52. The Labute approximate surface area is 248 Å². The van der Waals surface area contributed by atoms with Gasteiger partial charge >= 0.3 is 0 Å². The zero-order chi connectivity index (χ0) is 29.5. The third-order valence-electron chi connectivity index (χ3n) is 8.34. The van der Waals surface area contributed by atoms with Gasteiger partial charge in [0.05, 0.1) is 16.9 Å². The third kappa shape index (κ3) is 4.97. The summed E-state index contributed by atoms with van der Waals surface area (Å²) in [4.78, 5) is 40.1. The lowest BCUT2D eigenvalue weighted by atomic mass is 10.0. The maximum absolute atomic E-state index is 11.8. The molecule has 7 rings (SSSR count). The highest BCUT2D eigenvalue weighted by Crippen LogP contribution is 2.32. The smallest absolute Gasteiger partial charge is 0.249 e. The maximum atomic E-state index is 11.8. The summed E-state index contributed by atoms with van der Waals surface area (Å²) >= 11 is 0. The maximum Gasteiger partial charge on any atom is 0.249 e. The fraction of sp³-hybridized carbons (Fsp3) is 0.206. The molecule has 0 atom stereocenters. The molecule has 0 saturated carbocycles. The van der Waals surface area contributed by atoms with E-state index in [2.05, 4.69) is 56.2 Å². The van der Waals surface area contributed by atoms with Gasteiger partial charge in [-0.05, 0) is 61.7 Å². The van der Waals surface area contributed by atoms with E-state index in [0.29, 0.717) is 22.9 Å². The number of nitrogens with two attached hydrogens (primary N) is 1. The van der Waals surface area contributed by atoms with Crippen molar-refractivity contribution < 1.29 is 0 Å². The quantitative estimate of drug-likeness (QED) is 0.265. The number of nitrogens with zero attached hydrogens (tertiary/aromatic N) is 5. The number of piperidine rings is 1. The van der Waals surface area contributed by atoms with Gasteiger partial charge in [-0.15, -0.1) is 0 Å². The number of anilines is 2. The van der Waals surface area contributed by atoms with Crippen molar-refractivity contribution in [3.63, 3.8) is 0 Å². The molecule has 1 fully saturated rings. The van der Waals surface area contributed by atoms with E-state index < -0.39 is 0 Å². The van der Waals surface area contributed by atoms with Gasteiger partial charge in [-0.1, -0.05) is 42.5 Å². The summed E-state index contributed by atoms with van der Waals surface area (Å²) in [7, 11) is 0. The van der Waals surface area contributed by atoms with Crippen LogP contribution in [0.3, 0.4) is 0 Å². The lowest BCUT2D eigenvalue weighted by Crippen LogP contribution is -2.43. The summed E-state index contributed by atoms with van der Waals surface area (Å²) < 4.78 is 2.05. The summed E-state index contributed by atoms with van der Waals surface area (Å²) in [5.74, 6) is 1.11. The molecule has 9 nitrogen and oxygen atoms in total. The van der Waals surface area contributed by atoms with Gasteiger partial charge in [0.15, 0.2) is 11.5 Å². The molecular formula is C34H31N7O2. The van der Waals surface area contributed by atoms with Crippen LogP contribution in [0.25, 0.3) is 39.5 Å². The number of rotatable bonds is 7. The van der Waals surface area contributed by atoms with Crippen LogP contribution in [0.4, 0.5) is 11.5 Å². The minimum absolute atomic E-state index is 0.210. The molecule has 3 aromatic carbocycles. The second-order valence-corrected chi connectivity index (χ2v) is 11.1. The Morgan fingerprint density at radius 3 is 2.37 bits per heavy atom. The summed E-state index contributed by atoms with van der Waals surface area (Å²) in [5, 5.41) is 3.30. The molecule has 0 unspecified atom stereocenters.